The van der Waals surface area contributed by atoms with Gasteiger partial charge in [0.05, 0.1) is 5.92 Å². The van der Waals surface area contributed by atoms with Crippen molar-refractivity contribution in [1.29, 1.82) is 0 Å². The molecule has 1 atom stereocenters. The Bertz CT molecular complexity index is 395. The quantitative estimate of drug-likeness (QED) is 0.278. The Morgan fingerprint density at radius 1 is 0.889 bits per heavy atom. The molecule has 0 heterocycles. The second kappa shape index (κ2) is 12.8. The molecule has 0 amide bonds. The Balaban J connectivity index is 1.59. The van der Waals surface area contributed by atoms with Crippen LogP contribution in [-0.4, -0.2) is 18.7 Å². The molecule has 2 nitrogen and oxygen atoms in total. The zero-order valence-electron chi connectivity index (χ0n) is 17.9. The predicted octanol–water partition coefficient (Wildman–Crippen LogP) is 7.25. The van der Waals surface area contributed by atoms with Crippen LogP contribution in [-0.2, 0) is 9.53 Å². The number of carbonyl (C=O) groups is 1. The number of alkyl halides is 1. The van der Waals surface area contributed by atoms with Crippen LogP contribution in [0.15, 0.2) is 0 Å². The van der Waals surface area contributed by atoms with E-state index in [0.717, 1.165) is 56.3 Å². The van der Waals surface area contributed by atoms with Crippen molar-refractivity contribution in [2.75, 3.05) is 6.61 Å². The minimum Gasteiger partial charge on any atom is -0.462 e. The van der Waals surface area contributed by atoms with E-state index in [1.165, 1.54) is 51.4 Å². The lowest BCUT2D eigenvalue weighted by Gasteiger charge is -2.37. The molecule has 0 saturated heterocycles. The smallest absolute Gasteiger partial charge is 0.309 e. The van der Waals surface area contributed by atoms with Crippen LogP contribution < -0.4 is 0 Å². The van der Waals surface area contributed by atoms with Crippen molar-refractivity contribution < 1.29 is 13.9 Å². The van der Waals surface area contributed by atoms with Crippen molar-refractivity contribution >= 4 is 5.97 Å². The molecule has 2 fully saturated rings. The molecule has 0 radical (unpaired) electrons. The third kappa shape index (κ3) is 8.11. The SMILES string of the molecule is CCCCCCC(F)COC(=O)C1CCC(C2CCC(CCC)CC2)CC1. The van der Waals surface area contributed by atoms with Crippen LogP contribution in [0, 0.1) is 23.7 Å². The molecule has 2 rings (SSSR count). The molecule has 0 aromatic heterocycles. The number of hydrogen-bond donors (Lipinski definition) is 0. The van der Waals surface area contributed by atoms with Gasteiger partial charge in [-0.3, -0.25) is 4.79 Å². The van der Waals surface area contributed by atoms with Crippen LogP contribution in [0.5, 0.6) is 0 Å². The van der Waals surface area contributed by atoms with E-state index >= 15 is 0 Å². The Kier molecular flexibility index (Phi) is 10.7. The highest BCUT2D eigenvalue weighted by Gasteiger charge is 2.33. The van der Waals surface area contributed by atoms with E-state index < -0.39 is 6.17 Å². The molecule has 0 N–H and O–H groups in total. The molecule has 0 aromatic rings. The molecule has 0 spiro atoms. The first kappa shape index (κ1) is 22.7. The van der Waals surface area contributed by atoms with Gasteiger partial charge in [0.1, 0.15) is 12.8 Å². The third-order valence-corrected chi connectivity index (χ3v) is 7.14. The average Bonchev–Trinajstić information content (AvgIpc) is 2.70. The molecular weight excluding hydrogens is 339 g/mol. The van der Waals surface area contributed by atoms with Gasteiger partial charge in [-0.05, 0) is 62.7 Å². The summed E-state index contributed by atoms with van der Waals surface area (Å²) in [4.78, 5) is 12.3. The van der Waals surface area contributed by atoms with Gasteiger partial charge in [-0.15, -0.1) is 0 Å². The van der Waals surface area contributed by atoms with E-state index in [-0.39, 0.29) is 18.5 Å². The van der Waals surface area contributed by atoms with Crippen molar-refractivity contribution in [3.8, 4) is 0 Å². The molecule has 0 aromatic carbocycles. The first-order chi connectivity index (χ1) is 13.1. The normalized spacial score (nSPS) is 30.0. The van der Waals surface area contributed by atoms with Crippen molar-refractivity contribution in [2.45, 2.75) is 116 Å². The summed E-state index contributed by atoms with van der Waals surface area (Å²) >= 11 is 0. The van der Waals surface area contributed by atoms with E-state index in [1.807, 2.05) is 0 Å². The lowest BCUT2D eigenvalue weighted by atomic mass is 9.69. The molecule has 3 heteroatoms. The summed E-state index contributed by atoms with van der Waals surface area (Å²) in [6.45, 7) is 4.41. The Labute approximate surface area is 167 Å². The van der Waals surface area contributed by atoms with Crippen molar-refractivity contribution in [3.05, 3.63) is 0 Å². The predicted molar refractivity (Wildman–Crippen MR) is 110 cm³/mol. The van der Waals surface area contributed by atoms with Gasteiger partial charge >= 0.3 is 5.97 Å². The summed E-state index contributed by atoms with van der Waals surface area (Å²) in [5.41, 5.74) is 0. The Morgan fingerprint density at radius 3 is 2.11 bits per heavy atom. The summed E-state index contributed by atoms with van der Waals surface area (Å²) < 4.78 is 19.2. The topological polar surface area (TPSA) is 26.3 Å². The molecule has 1 unspecified atom stereocenters. The number of unbranched alkanes of at least 4 members (excludes halogenated alkanes) is 3. The monoisotopic (exact) mass is 382 g/mol. The highest BCUT2D eigenvalue weighted by molar-refractivity contribution is 5.72. The average molecular weight is 383 g/mol. The fourth-order valence-corrected chi connectivity index (χ4v) is 5.35. The number of rotatable bonds is 11. The van der Waals surface area contributed by atoms with Crippen LogP contribution >= 0.6 is 0 Å². The van der Waals surface area contributed by atoms with E-state index in [9.17, 15) is 9.18 Å². The molecule has 0 bridgehead atoms. The number of ether oxygens (including phenoxy) is 1. The van der Waals surface area contributed by atoms with Gasteiger partial charge in [-0.2, -0.15) is 0 Å². The first-order valence-electron chi connectivity index (χ1n) is 11.9. The lowest BCUT2D eigenvalue weighted by molar-refractivity contribution is -0.152. The lowest BCUT2D eigenvalue weighted by Crippen LogP contribution is -2.30. The second-order valence-corrected chi connectivity index (χ2v) is 9.26. The van der Waals surface area contributed by atoms with E-state index in [0.29, 0.717) is 6.42 Å². The van der Waals surface area contributed by atoms with Crippen LogP contribution in [0.4, 0.5) is 4.39 Å². The van der Waals surface area contributed by atoms with E-state index in [1.54, 1.807) is 0 Å². The minimum absolute atomic E-state index is 0.0185. The number of halogens is 1. The number of hydrogen-bond acceptors (Lipinski definition) is 2. The summed E-state index contributed by atoms with van der Waals surface area (Å²) in [6.07, 6.45) is 16.4. The van der Waals surface area contributed by atoms with Gasteiger partial charge < -0.3 is 4.74 Å². The zero-order valence-corrected chi connectivity index (χ0v) is 17.9. The zero-order chi connectivity index (χ0) is 19.5. The van der Waals surface area contributed by atoms with Gasteiger partial charge in [0.25, 0.3) is 0 Å². The highest BCUT2D eigenvalue weighted by Crippen LogP contribution is 2.42. The van der Waals surface area contributed by atoms with Gasteiger partial charge in [0, 0.05) is 0 Å². The molecule has 158 valence electrons. The van der Waals surface area contributed by atoms with E-state index in [2.05, 4.69) is 13.8 Å². The summed E-state index contributed by atoms with van der Waals surface area (Å²) in [5.74, 6) is 2.53. The maximum absolute atomic E-state index is 13.9. The van der Waals surface area contributed by atoms with Gasteiger partial charge in [-0.1, -0.05) is 65.2 Å². The highest BCUT2D eigenvalue weighted by atomic mass is 19.1. The maximum atomic E-state index is 13.9. The number of carbonyl (C=O) groups excluding carboxylic acids is 1. The van der Waals surface area contributed by atoms with Crippen LogP contribution in [0.2, 0.25) is 0 Å². The van der Waals surface area contributed by atoms with Crippen molar-refractivity contribution in [3.63, 3.8) is 0 Å². The molecule has 0 aliphatic heterocycles. The van der Waals surface area contributed by atoms with Crippen molar-refractivity contribution in [1.82, 2.24) is 0 Å². The molecular formula is C24H43FO2. The third-order valence-electron chi connectivity index (χ3n) is 7.14. The minimum atomic E-state index is -0.986. The maximum Gasteiger partial charge on any atom is 0.309 e. The Morgan fingerprint density at radius 2 is 1.52 bits per heavy atom. The van der Waals surface area contributed by atoms with Crippen LogP contribution in [0.1, 0.15) is 110 Å². The second-order valence-electron chi connectivity index (χ2n) is 9.26. The standard InChI is InChI=1S/C24H43FO2/c1-3-5-6-7-9-23(25)18-27-24(26)22-16-14-21(15-17-22)20-12-10-19(8-4-2)11-13-20/h19-23H,3-18H2,1-2H3. The van der Waals surface area contributed by atoms with Gasteiger partial charge in [0.15, 0.2) is 0 Å². The fraction of sp³-hybridized carbons (Fsp3) is 0.958. The van der Waals surface area contributed by atoms with Gasteiger partial charge in [-0.25, -0.2) is 4.39 Å². The van der Waals surface area contributed by atoms with Gasteiger partial charge in [0.2, 0.25) is 0 Å². The molecule has 27 heavy (non-hydrogen) atoms. The summed E-state index contributed by atoms with van der Waals surface area (Å²) in [5, 5.41) is 0. The molecule has 2 aliphatic rings. The van der Waals surface area contributed by atoms with Crippen molar-refractivity contribution in [2.24, 2.45) is 23.7 Å². The molecule has 2 aliphatic carbocycles. The molecule has 2 saturated carbocycles. The fourth-order valence-electron chi connectivity index (χ4n) is 5.35. The largest absolute Gasteiger partial charge is 0.462 e. The summed E-state index contributed by atoms with van der Waals surface area (Å²) in [7, 11) is 0. The summed E-state index contributed by atoms with van der Waals surface area (Å²) in [6, 6.07) is 0. The van der Waals surface area contributed by atoms with Crippen LogP contribution in [0.3, 0.4) is 0 Å². The number of esters is 1. The Hall–Kier alpha value is -0.600. The first-order valence-corrected chi connectivity index (χ1v) is 11.9. The van der Waals surface area contributed by atoms with E-state index in [4.69, 9.17) is 4.74 Å². The van der Waals surface area contributed by atoms with Crippen LogP contribution in [0.25, 0.3) is 0 Å².